The number of para-hydroxylation sites is 1. The quantitative estimate of drug-likeness (QED) is 0.179. The molecule has 0 saturated heterocycles. The summed E-state index contributed by atoms with van der Waals surface area (Å²) in [5.74, 6) is 0.299. The topological polar surface area (TPSA) is 84.0 Å². The minimum absolute atomic E-state index is 0.0506. The molecule has 2 N–H and O–H groups in total. The number of amides is 1. The number of fused-ring (bicyclic) bond motifs is 1. The Morgan fingerprint density at radius 2 is 1.55 bits per heavy atom. The molecule has 0 saturated carbocycles. The van der Waals surface area contributed by atoms with E-state index in [9.17, 15) is 9.59 Å². The van der Waals surface area contributed by atoms with E-state index in [0.717, 1.165) is 5.39 Å². The molecule has 0 fully saturated rings. The second kappa shape index (κ2) is 9.59. The first kappa shape index (κ1) is 20.8. The van der Waals surface area contributed by atoms with Gasteiger partial charge in [0.05, 0.1) is 11.3 Å². The van der Waals surface area contributed by atoms with Crippen molar-refractivity contribution in [2.75, 3.05) is 11.2 Å². The van der Waals surface area contributed by atoms with Crippen molar-refractivity contribution < 1.29 is 9.59 Å². The van der Waals surface area contributed by atoms with Crippen LogP contribution in [-0.2, 0) is 0 Å². The Morgan fingerprint density at radius 1 is 0.839 bits per heavy atom. The zero-order valence-electron chi connectivity index (χ0n) is 16.2. The van der Waals surface area contributed by atoms with E-state index in [1.807, 2.05) is 30.3 Å². The fraction of sp³-hybridized carbons (Fsp3) is 0.0435. The average Bonchev–Trinajstić information content (AvgIpc) is 2.81. The van der Waals surface area contributed by atoms with Crippen LogP contribution in [0.4, 0.5) is 5.82 Å². The van der Waals surface area contributed by atoms with Crippen molar-refractivity contribution in [3.8, 4) is 0 Å². The number of anilines is 1. The van der Waals surface area contributed by atoms with Gasteiger partial charge in [0, 0.05) is 21.5 Å². The van der Waals surface area contributed by atoms with E-state index < -0.39 is 0 Å². The van der Waals surface area contributed by atoms with Crippen molar-refractivity contribution in [1.29, 1.82) is 0 Å². The van der Waals surface area contributed by atoms with E-state index in [0.29, 0.717) is 32.6 Å². The lowest BCUT2D eigenvalue weighted by atomic mass is 10.1. The van der Waals surface area contributed by atoms with Crippen LogP contribution >= 0.6 is 23.4 Å². The largest absolute Gasteiger partial charge is 0.293 e. The molecule has 3 aromatic carbocycles. The molecule has 0 aliphatic heterocycles. The second-order valence-corrected chi connectivity index (χ2v) is 7.91. The van der Waals surface area contributed by atoms with Gasteiger partial charge in [0.1, 0.15) is 0 Å². The first-order valence-electron chi connectivity index (χ1n) is 9.40. The maximum Gasteiger partial charge on any atom is 0.269 e. The van der Waals surface area contributed by atoms with E-state index in [4.69, 9.17) is 11.6 Å². The van der Waals surface area contributed by atoms with Crippen molar-refractivity contribution in [2.24, 2.45) is 0 Å². The Morgan fingerprint density at radius 3 is 2.32 bits per heavy atom. The highest BCUT2D eigenvalue weighted by molar-refractivity contribution is 7.99. The standard InChI is InChI=1S/C23H17ClN4O2S/c24-17-12-10-15(11-13-17)20(29)14-31-23-25-19-9-5-4-8-18(19)21(26-23)27-28-22(30)16-6-2-1-3-7-16/h1-13H,14H2,(H,28,30)(H,25,26,27). The molecule has 4 rings (SSSR count). The minimum atomic E-state index is -0.282. The summed E-state index contributed by atoms with van der Waals surface area (Å²) in [6.45, 7) is 0. The van der Waals surface area contributed by atoms with Crippen LogP contribution in [0.1, 0.15) is 20.7 Å². The molecule has 6 nitrogen and oxygen atoms in total. The number of carbonyl (C=O) groups is 2. The van der Waals surface area contributed by atoms with Crippen LogP contribution in [0, 0.1) is 0 Å². The third-order valence-corrected chi connectivity index (χ3v) is 5.51. The van der Waals surface area contributed by atoms with Gasteiger partial charge in [0.2, 0.25) is 0 Å². The molecule has 0 unspecified atom stereocenters. The number of hydrogen-bond acceptors (Lipinski definition) is 6. The molecule has 0 spiro atoms. The molecule has 154 valence electrons. The number of nitrogens with one attached hydrogen (secondary N) is 2. The number of thioether (sulfide) groups is 1. The number of ketones is 1. The summed E-state index contributed by atoms with van der Waals surface area (Å²) in [5, 5.41) is 1.76. The summed E-state index contributed by atoms with van der Waals surface area (Å²) in [6, 6.07) is 23.1. The van der Waals surface area contributed by atoms with Gasteiger partial charge in [0.25, 0.3) is 5.91 Å². The summed E-state index contributed by atoms with van der Waals surface area (Å²) in [6.07, 6.45) is 0. The minimum Gasteiger partial charge on any atom is -0.293 e. The molecule has 0 atom stereocenters. The zero-order valence-corrected chi connectivity index (χ0v) is 17.8. The summed E-state index contributed by atoms with van der Waals surface area (Å²) < 4.78 is 0. The van der Waals surface area contributed by atoms with Crippen molar-refractivity contribution >= 4 is 51.8 Å². The SMILES string of the molecule is O=C(CSc1nc(NNC(=O)c2ccccc2)c2ccccc2n1)c1ccc(Cl)cc1. The molecule has 8 heteroatoms. The van der Waals surface area contributed by atoms with Crippen molar-refractivity contribution in [2.45, 2.75) is 5.16 Å². The summed E-state index contributed by atoms with van der Waals surface area (Å²) in [4.78, 5) is 33.8. The van der Waals surface area contributed by atoms with Gasteiger partial charge in [-0.05, 0) is 48.5 Å². The lowest BCUT2D eigenvalue weighted by molar-refractivity contribution is 0.0961. The number of Topliss-reactive ketones (excluding diaryl/α,β-unsaturated/α-hetero) is 1. The highest BCUT2D eigenvalue weighted by Crippen LogP contribution is 2.24. The maximum absolute atomic E-state index is 12.5. The highest BCUT2D eigenvalue weighted by Gasteiger charge is 2.12. The molecule has 0 aliphatic rings. The van der Waals surface area contributed by atoms with Crippen LogP contribution in [0.2, 0.25) is 5.02 Å². The third kappa shape index (κ3) is 5.20. The molecule has 1 heterocycles. The Kier molecular flexibility index (Phi) is 6.45. The molecule has 4 aromatic rings. The van der Waals surface area contributed by atoms with Crippen LogP contribution in [-0.4, -0.2) is 27.4 Å². The number of carbonyl (C=O) groups excluding carboxylic acids is 2. The number of aromatic nitrogens is 2. The summed E-state index contributed by atoms with van der Waals surface area (Å²) in [5.41, 5.74) is 7.35. The van der Waals surface area contributed by atoms with Crippen LogP contribution in [0.15, 0.2) is 84.0 Å². The number of rotatable bonds is 7. The van der Waals surface area contributed by atoms with E-state index in [2.05, 4.69) is 20.8 Å². The van der Waals surface area contributed by atoms with Gasteiger partial charge in [-0.3, -0.25) is 20.4 Å². The van der Waals surface area contributed by atoms with E-state index >= 15 is 0 Å². The van der Waals surface area contributed by atoms with Crippen LogP contribution in [0.5, 0.6) is 0 Å². The van der Waals surface area contributed by atoms with E-state index in [1.165, 1.54) is 11.8 Å². The van der Waals surface area contributed by atoms with Gasteiger partial charge in [-0.1, -0.05) is 53.7 Å². The molecular formula is C23H17ClN4O2S. The lowest BCUT2D eigenvalue weighted by Gasteiger charge is -2.11. The number of hydrogen-bond donors (Lipinski definition) is 2. The summed E-state index contributed by atoms with van der Waals surface area (Å²) >= 11 is 7.11. The molecule has 1 amide bonds. The molecule has 31 heavy (non-hydrogen) atoms. The third-order valence-electron chi connectivity index (χ3n) is 4.41. The predicted molar refractivity (Wildman–Crippen MR) is 124 cm³/mol. The predicted octanol–water partition coefficient (Wildman–Crippen LogP) is 5.02. The first-order valence-corrected chi connectivity index (χ1v) is 10.8. The molecular weight excluding hydrogens is 432 g/mol. The first-order chi connectivity index (χ1) is 15.1. The normalized spacial score (nSPS) is 10.6. The van der Waals surface area contributed by atoms with Gasteiger partial charge >= 0.3 is 0 Å². The number of benzene rings is 3. The lowest BCUT2D eigenvalue weighted by Crippen LogP contribution is -2.30. The van der Waals surface area contributed by atoms with Gasteiger partial charge in [-0.15, -0.1) is 0 Å². The van der Waals surface area contributed by atoms with Crippen LogP contribution in [0.3, 0.4) is 0 Å². The van der Waals surface area contributed by atoms with E-state index in [1.54, 1.807) is 48.5 Å². The van der Waals surface area contributed by atoms with Crippen LogP contribution < -0.4 is 10.9 Å². The van der Waals surface area contributed by atoms with Crippen molar-refractivity contribution in [3.05, 3.63) is 95.0 Å². The number of hydrazine groups is 1. The molecule has 1 aromatic heterocycles. The van der Waals surface area contributed by atoms with Crippen molar-refractivity contribution in [3.63, 3.8) is 0 Å². The zero-order chi connectivity index (χ0) is 21.6. The second-order valence-electron chi connectivity index (χ2n) is 6.54. The van der Waals surface area contributed by atoms with Gasteiger partial charge in [-0.2, -0.15) is 0 Å². The maximum atomic E-state index is 12.5. The smallest absolute Gasteiger partial charge is 0.269 e. The molecule has 0 radical (unpaired) electrons. The highest BCUT2D eigenvalue weighted by atomic mass is 35.5. The van der Waals surface area contributed by atoms with Crippen LogP contribution in [0.25, 0.3) is 10.9 Å². The Bertz CT molecular complexity index is 1230. The average molecular weight is 449 g/mol. The molecule has 0 bridgehead atoms. The Hall–Kier alpha value is -3.42. The van der Waals surface area contributed by atoms with Gasteiger partial charge < -0.3 is 0 Å². The Balaban J connectivity index is 1.51. The van der Waals surface area contributed by atoms with Gasteiger partial charge in [0.15, 0.2) is 16.8 Å². The number of nitrogens with zero attached hydrogens (tertiary/aromatic N) is 2. The van der Waals surface area contributed by atoms with E-state index in [-0.39, 0.29) is 17.4 Å². The summed E-state index contributed by atoms with van der Waals surface area (Å²) in [7, 11) is 0. The fourth-order valence-corrected chi connectivity index (χ4v) is 3.71. The van der Waals surface area contributed by atoms with Crippen molar-refractivity contribution in [1.82, 2.24) is 15.4 Å². The number of halogens is 1. The van der Waals surface area contributed by atoms with Gasteiger partial charge in [-0.25, -0.2) is 9.97 Å². The molecule has 0 aliphatic carbocycles. The monoisotopic (exact) mass is 448 g/mol. The fourth-order valence-electron chi connectivity index (χ4n) is 2.84. The Labute approximate surface area is 188 Å².